The molecule has 0 unspecified atom stereocenters. The number of hydrogen-bond acceptors (Lipinski definition) is 4. The number of rotatable bonds is 7. The molecule has 152 valence electrons. The minimum atomic E-state index is -3.73. The van der Waals surface area contributed by atoms with Crippen molar-refractivity contribution in [3.8, 4) is 17.0 Å². The summed E-state index contributed by atoms with van der Waals surface area (Å²) in [6.07, 6.45) is 6.07. The Morgan fingerprint density at radius 1 is 1.07 bits per heavy atom. The number of benzene rings is 2. The van der Waals surface area contributed by atoms with E-state index in [1.807, 2.05) is 59.3 Å². The lowest BCUT2D eigenvalue weighted by Gasteiger charge is -2.08. The van der Waals surface area contributed by atoms with Gasteiger partial charge in [0.2, 0.25) is 10.0 Å². The third-order valence-electron chi connectivity index (χ3n) is 5.36. The van der Waals surface area contributed by atoms with Gasteiger partial charge in [-0.3, -0.25) is 4.68 Å². The first-order chi connectivity index (χ1) is 14.1. The molecule has 1 aromatic heterocycles. The van der Waals surface area contributed by atoms with Gasteiger partial charge in [0.25, 0.3) is 0 Å². The first kappa shape index (κ1) is 19.7. The SMILES string of the molecule is COc1ccc(CNS(=O)(=O)c2cn(C3CCCC3)nc2-c2ccccc2)cc1. The van der Waals surface area contributed by atoms with Crippen LogP contribution >= 0.6 is 0 Å². The Labute approximate surface area is 171 Å². The van der Waals surface area contributed by atoms with Crippen LogP contribution in [-0.2, 0) is 16.6 Å². The molecule has 29 heavy (non-hydrogen) atoms. The minimum Gasteiger partial charge on any atom is -0.497 e. The van der Waals surface area contributed by atoms with E-state index in [1.54, 1.807) is 13.3 Å². The fourth-order valence-corrected chi connectivity index (χ4v) is 4.90. The number of nitrogens with zero attached hydrogens (tertiary/aromatic N) is 2. The van der Waals surface area contributed by atoms with Crippen molar-refractivity contribution in [2.75, 3.05) is 7.11 Å². The quantitative estimate of drug-likeness (QED) is 0.634. The van der Waals surface area contributed by atoms with Gasteiger partial charge in [0.1, 0.15) is 16.3 Å². The summed E-state index contributed by atoms with van der Waals surface area (Å²) in [6, 6.07) is 17.1. The monoisotopic (exact) mass is 411 g/mol. The molecule has 0 radical (unpaired) electrons. The van der Waals surface area contributed by atoms with Gasteiger partial charge in [0.05, 0.1) is 13.2 Å². The predicted octanol–water partition coefficient (Wildman–Crippen LogP) is 4.15. The first-order valence-electron chi connectivity index (χ1n) is 9.84. The van der Waals surface area contributed by atoms with Crippen molar-refractivity contribution in [3.05, 3.63) is 66.4 Å². The zero-order chi connectivity index (χ0) is 20.3. The predicted molar refractivity (Wildman–Crippen MR) is 112 cm³/mol. The van der Waals surface area contributed by atoms with Crippen LogP contribution in [0.5, 0.6) is 5.75 Å². The average Bonchev–Trinajstić information content (AvgIpc) is 3.43. The highest BCUT2D eigenvalue weighted by Crippen LogP contribution is 2.33. The van der Waals surface area contributed by atoms with Gasteiger partial charge in [0, 0.05) is 18.3 Å². The molecule has 1 heterocycles. The number of sulfonamides is 1. The second-order valence-corrected chi connectivity index (χ2v) is 9.03. The molecule has 1 N–H and O–H groups in total. The van der Waals surface area contributed by atoms with Crippen LogP contribution in [0.3, 0.4) is 0 Å². The lowest BCUT2D eigenvalue weighted by Crippen LogP contribution is -2.23. The number of hydrogen-bond donors (Lipinski definition) is 1. The fraction of sp³-hybridized carbons (Fsp3) is 0.318. The van der Waals surface area contributed by atoms with Crippen molar-refractivity contribution >= 4 is 10.0 Å². The molecule has 1 aliphatic rings. The summed E-state index contributed by atoms with van der Waals surface area (Å²) in [5.74, 6) is 0.737. The first-order valence-corrected chi connectivity index (χ1v) is 11.3. The standard InChI is InChI=1S/C22H25N3O3S/c1-28-20-13-11-17(12-14-20)15-23-29(26,27)21-16-25(19-9-5-6-10-19)24-22(21)18-7-3-2-4-8-18/h2-4,7-8,11-14,16,19,23H,5-6,9-10,15H2,1H3. The van der Waals surface area contributed by atoms with Crippen LogP contribution in [0, 0.1) is 0 Å². The van der Waals surface area contributed by atoms with E-state index < -0.39 is 10.0 Å². The largest absolute Gasteiger partial charge is 0.497 e. The van der Waals surface area contributed by atoms with Crippen LogP contribution in [-0.4, -0.2) is 25.3 Å². The number of aromatic nitrogens is 2. The van der Waals surface area contributed by atoms with Gasteiger partial charge in [-0.2, -0.15) is 5.10 Å². The Bertz CT molecular complexity index is 1050. The van der Waals surface area contributed by atoms with E-state index in [9.17, 15) is 8.42 Å². The zero-order valence-corrected chi connectivity index (χ0v) is 17.2. The number of ether oxygens (including phenoxy) is 1. The topological polar surface area (TPSA) is 73.2 Å². The maximum absolute atomic E-state index is 13.2. The maximum atomic E-state index is 13.2. The van der Waals surface area contributed by atoms with Crippen molar-refractivity contribution < 1.29 is 13.2 Å². The summed E-state index contributed by atoms with van der Waals surface area (Å²) in [6.45, 7) is 0.204. The molecule has 0 bridgehead atoms. The molecule has 0 spiro atoms. The summed E-state index contributed by atoms with van der Waals surface area (Å²) in [4.78, 5) is 0.226. The third kappa shape index (κ3) is 4.36. The molecule has 1 fully saturated rings. The van der Waals surface area contributed by atoms with Crippen LogP contribution in [0.25, 0.3) is 11.3 Å². The summed E-state index contributed by atoms with van der Waals surface area (Å²) in [7, 11) is -2.12. The molecular weight excluding hydrogens is 386 g/mol. The second kappa shape index (κ2) is 8.39. The minimum absolute atomic E-state index is 0.204. The van der Waals surface area contributed by atoms with Crippen molar-refractivity contribution in [3.63, 3.8) is 0 Å². The van der Waals surface area contributed by atoms with E-state index in [0.717, 1.165) is 42.6 Å². The van der Waals surface area contributed by atoms with Crippen molar-refractivity contribution in [2.24, 2.45) is 0 Å². The molecule has 3 aromatic rings. The smallest absolute Gasteiger partial charge is 0.244 e. The third-order valence-corrected chi connectivity index (χ3v) is 6.76. The Morgan fingerprint density at radius 3 is 2.41 bits per heavy atom. The summed E-state index contributed by atoms with van der Waals surface area (Å²) in [5.41, 5.74) is 2.16. The molecule has 4 rings (SSSR count). The van der Waals surface area contributed by atoms with E-state index in [-0.39, 0.29) is 17.5 Å². The van der Waals surface area contributed by atoms with E-state index >= 15 is 0 Å². The van der Waals surface area contributed by atoms with Gasteiger partial charge in [-0.05, 0) is 30.5 Å². The van der Waals surface area contributed by atoms with Crippen LogP contribution in [0.2, 0.25) is 0 Å². The van der Waals surface area contributed by atoms with Crippen LogP contribution in [0.15, 0.2) is 65.7 Å². The molecule has 2 aromatic carbocycles. The van der Waals surface area contributed by atoms with Crippen LogP contribution in [0.4, 0.5) is 0 Å². The zero-order valence-electron chi connectivity index (χ0n) is 16.4. The maximum Gasteiger partial charge on any atom is 0.244 e. The highest BCUT2D eigenvalue weighted by molar-refractivity contribution is 7.89. The summed E-state index contributed by atoms with van der Waals surface area (Å²) >= 11 is 0. The van der Waals surface area contributed by atoms with Crippen LogP contribution < -0.4 is 9.46 Å². The fourth-order valence-electron chi connectivity index (χ4n) is 3.72. The number of nitrogens with one attached hydrogen (secondary N) is 1. The van der Waals surface area contributed by atoms with E-state index in [0.29, 0.717) is 5.69 Å². The van der Waals surface area contributed by atoms with Crippen LogP contribution in [0.1, 0.15) is 37.3 Å². The highest BCUT2D eigenvalue weighted by atomic mass is 32.2. The van der Waals surface area contributed by atoms with Crippen molar-refractivity contribution in [2.45, 2.75) is 43.2 Å². The normalized spacial score (nSPS) is 14.9. The molecular formula is C22H25N3O3S. The number of methoxy groups -OCH3 is 1. The van der Waals surface area contributed by atoms with Crippen molar-refractivity contribution in [1.29, 1.82) is 0 Å². The molecule has 0 amide bonds. The van der Waals surface area contributed by atoms with Crippen molar-refractivity contribution in [1.82, 2.24) is 14.5 Å². The van der Waals surface area contributed by atoms with Gasteiger partial charge in [0.15, 0.2) is 0 Å². The molecule has 0 saturated heterocycles. The Morgan fingerprint density at radius 2 is 1.76 bits per heavy atom. The highest BCUT2D eigenvalue weighted by Gasteiger charge is 2.27. The molecule has 7 heteroatoms. The van der Waals surface area contributed by atoms with Gasteiger partial charge < -0.3 is 4.74 Å². The Kier molecular flexibility index (Phi) is 5.69. The summed E-state index contributed by atoms with van der Waals surface area (Å²) in [5, 5.41) is 4.69. The second-order valence-electron chi connectivity index (χ2n) is 7.30. The Hall–Kier alpha value is -2.64. The molecule has 0 atom stereocenters. The van der Waals surface area contributed by atoms with E-state index in [2.05, 4.69) is 9.82 Å². The average molecular weight is 412 g/mol. The van der Waals surface area contributed by atoms with Gasteiger partial charge in [-0.25, -0.2) is 13.1 Å². The lowest BCUT2D eigenvalue weighted by molar-refractivity contribution is 0.414. The van der Waals surface area contributed by atoms with E-state index in [1.165, 1.54) is 0 Å². The Balaban J connectivity index is 1.63. The molecule has 6 nitrogen and oxygen atoms in total. The van der Waals surface area contributed by atoms with Gasteiger partial charge in [-0.15, -0.1) is 0 Å². The molecule has 0 aliphatic heterocycles. The molecule has 1 saturated carbocycles. The van der Waals surface area contributed by atoms with Gasteiger partial charge >= 0.3 is 0 Å². The summed E-state index contributed by atoms with van der Waals surface area (Å²) < 4.78 is 36.0. The van der Waals surface area contributed by atoms with Gasteiger partial charge in [-0.1, -0.05) is 55.3 Å². The van der Waals surface area contributed by atoms with E-state index in [4.69, 9.17) is 4.74 Å². The molecule has 1 aliphatic carbocycles. The lowest BCUT2D eigenvalue weighted by atomic mass is 10.2.